The van der Waals surface area contributed by atoms with E-state index < -0.39 is 11.7 Å². The van der Waals surface area contributed by atoms with Crippen LogP contribution in [0.3, 0.4) is 0 Å². The van der Waals surface area contributed by atoms with Gasteiger partial charge in [0.15, 0.2) is 5.82 Å². The van der Waals surface area contributed by atoms with Crippen molar-refractivity contribution in [3.63, 3.8) is 0 Å². The predicted octanol–water partition coefficient (Wildman–Crippen LogP) is 17.2. The smallest absolute Gasteiger partial charge is 0.308 e. The summed E-state index contributed by atoms with van der Waals surface area (Å²) in [6.07, 6.45) is -4.51. The van der Waals surface area contributed by atoms with Crippen LogP contribution < -0.4 is 0 Å². The molecule has 0 atom stereocenters. The lowest BCUT2D eigenvalue weighted by atomic mass is 9.91. The third-order valence-electron chi connectivity index (χ3n) is 12.9. The van der Waals surface area contributed by atoms with Crippen LogP contribution in [0.5, 0.6) is 0 Å². The van der Waals surface area contributed by atoms with Gasteiger partial charge < -0.3 is 4.57 Å². The second kappa shape index (κ2) is 17.1. The van der Waals surface area contributed by atoms with Crippen LogP contribution in [0.2, 0.25) is 0 Å². The molecule has 11 aromatic rings. The Bertz CT molecular complexity index is 3470. The number of alkyl halides is 3. The zero-order chi connectivity index (χ0) is 46.5. The van der Waals surface area contributed by atoms with Crippen LogP contribution in [0.25, 0.3) is 106 Å². The van der Waals surface area contributed by atoms with Gasteiger partial charge in [-0.15, -0.1) is 0 Å². The minimum absolute atomic E-state index is 0.492. The van der Waals surface area contributed by atoms with E-state index in [2.05, 4.69) is 141 Å². The molecule has 6 heteroatoms. The maximum Gasteiger partial charge on any atom is 0.416 e. The van der Waals surface area contributed by atoms with Crippen LogP contribution in [-0.4, -0.2) is 14.5 Å². The van der Waals surface area contributed by atoms with Crippen molar-refractivity contribution in [2.45, 2.75) is 26.9 Å². The largest absolute Gasteiger partial charge is 0.416 e. The third-order valence-corrected chi connectivity index (χ3v) is 12.9. The molecule has 328 valence electrons. The Hall–Kier alpha value is -8.35. The number of fused-ring (bicyclic) bond motifs is 3. The van der Waals surface area contributed by atoms with Crippen molar-refractivity contribution in [1.29, 1.82) is 0 Å². The number of hydrogen-bond donors (Lipinski definition) is 0. The molecule has 0 spiro atoms. The highest BCUT2D eigenvalue weighted by Gasteiger charge is 2.31. The summed E-state index contributed by atoms with van der Waals surface area (Å²) in [5.41, 5.74) is 17.1. The van der Waals surface area contributed by atoms with E-state index in [1.54, 1.807) is 12.1 Å². The summed E-state index contributed by atoms with van der Waals surface area (Å²) in [7, 11) is 0. The van der Waals surface area contributed by atoms with Crippen LogP contribution in [0.15, 0.2) is 212 Å². The average Bonchev–Trinajstić information content (AvgIpc) is 3.69. The summed E-state index contributed by atoms with van der Waals surface area (Å²) in [6.45, 7) is 6.24. The fourth-order valence-corrected chi connectivity index (χ4v) is 9.22. The highest BCUT2D eigenvalue weighted by molar-refractivity contribution is 6.13. The predicted molar refractivity (Wildman–Crippen MR) is 274 cm³/mol. The van der Waals surface area contributed by atoms with E-state index in [-0.39, 0.29) is 0 Å². The lowest BCUT2D eigenvalue weighted by molar-refractivity contribution is -0.137. The van der Waals surface area contributed by atoms with Crippen molar-refractivity contribution in [3.8, 4) is 84.1 Å². The fourth-order valence-electron chi connectivity index (χ4n) is 9.22. The molecule has 9 aromatic carbocycles. The summed E-state index contributed by atoms with van der Waals surface area (Å²) in [4.78, 5) is 10.5. The molecule has 0 fully saturated rings. The third kappa shape index (κ3) is 8.04. The monoisotopic (exact) mass is 887 g/mol. The Morgan fingerprint density at radius 3 is 1.15 bits per heavy atom. The molecule has 0 aliphatic heterocycles. The van der Waals surface area contributed by atoms with E-state index in [1.807, 2.05) is 72.8 Å². The van der Waals surface area contributed by atoms with Crippen LogP contribution in [-0.2, 0) is 6.18 Å². The zero-order valence-corrected chi connectivity index (χ0v) is 37.7. The molecular weight excluding hydrogens is 844 g/mol. The molecular formula is C62H44F3N3. The van der Waals surface area contributed by atoms with Crippen LogP contribution >= 0.6 is 0 Å². The summed E-state index contributed by atoms with van der Waals surface area (Å²) in [5, 5.41) is 2.10. The number of halogens is 3. The van der Waals surface area contributed by atoms with Crippen LogP contribution in [0, 0.1) is 20.8 Å². The Morgan fingerprint density at radius 1 is 0.353 bits per heavy atom. The molecule has 3 nitrogen and oxygen atoms in total. The molecule has 0 N–H and O–H groups in total. The van der Waals surface area contributed by atoms with Gasteiger partial charge in [-0.3, -0.25) is 0 Å². The molecule has 0 saturated heterocycles. The van der Waals surface area contributed by atoms with Gasteiger partial charge in [0.25, 0.3) is 0 Å². The van der Waals surface area contributed by atoms with Crippen LogP contribution in [0.4, 0.5) is 13.2 Å². The Morgan fingerprint density at radius 2 is 0.735 bits per heavy atom. The molecule has 0 radical (unpaired) electrons. The average molecular weight is 888 g/mol. The molecule has 0 saturated carbocycles. The number of rotatable bonds is 8. The first-order valence-electron chi connectivity index (χ1n) is 22.7. The molecule has 0 bridgehead atoms. The number of aromatic nitrogens is 3. The SMILES string of the molecule is Cc1ccc(-c2ccc3c(c2)c2cc(-c4ccc(C)cc4)ccc2n3-c2c(-c3ccc(C)cc3)cc(-c3nc(-c4ccccc4)cc(-c4ccccc4)n3)cc2-c2ccc(C(F)(F)F)cc2)cc1. The van der Waals surface area contributed by atoms with Crippen molar-refractivity contribution in [2.24, 2.45) is 0 Å². The Labute approximate surface area is 393 Å². The maximum absolute atomic E-state index is 14.3. The highest BCUT2D eigenvalue weighted by atomic mass is 19.4. The van der Waals surface area contributed by atoms with Crippen molar-refractivity contribution >= 4 is 21.8 Å². The van der Waals surface area contributed by atoms with E-state index in [0.717, 1.165) is 100 Å². The van der Waals surface area contributed by atoms with Gasteiger partial charge >= 0.3 is 6.18 Å². The standard InChI is InChI=1S/C62H44F3N3/c1-39-14-20-42(21-15-39)48-28-32-58-54(34-48)55-35-49(43-22-16-40(2)17-23-43)29-33-59(55)68(58)60-52(44-24-18-41(3)19-25-44)36-50(37-53(60)45-26-30-51(31-27-45)62(63,64)65)61-66-56(46-10-6-4-7-11-46)38-57(67-61)47-12-8-5-9-13-47/h4-38H,1-3H3. The summed E-state index contributed by atoms with van der Waals surface area (Å²) >= 11 is 0. The van der Waals surface area contributed by atoms with Crippen molar-refractivity contribution in [2.75, 3.05) is 0 Å². The van der Waals surface area contributed by atoms with Gasteiger partial charge in [0.2, 0.25) is 0 Å². The lowest BCUT2D eigenvalue weighted by Crippen LogP contribution is -2.05. The van der Waals surface area contributed by atoms with Gasteiger partial charge in [-0.2, -0.15) is 13.2 Å². The first kappa shape index (κ1) is 42.3. The molecule has 68 heavy (non-hydrogen) atoms. The highest BCUT2D eigenvalue weighted by Crippen LogP contribution is 2.46. The first-order valence-corrected chi connectivity index (χ1v) is 22.7. The number of nitrogens with zero attached hydrogens (tertiary/aromatic N) is 3. The zero-order valence-electron chi connectivity index (χ0n) is 37.7. The van der Waals surface area contributed by atoms with Crippen LogP contribution in [0.1, 0.15) is 22.3 Å². The van der Waals surface area contributed by atoms with Gasteiger partial charge in [-0.05, 0) is 109 Å². The summed E-state index contributed by atoms with van der Waals surface area (Å²) in [5.74, 6) is 0.492. The second-order valence-corrected chi connectivity index (χ2v) is 17.6. The normalized spacial score (nSPS) is 11.7. The van der Waals surface area contributed by atoms with E-state index in [9.17, 15) is 13.2 Å². The Kier molecular flexibility index (Phi) is 10.7. The molecule has 0 unspecified atom stereocenters. The molecule has 0 aliphatic rings. The first-order chi connectivity index (χ1) is 33.0. The maximum atomic E-state index is 14.3. The van der Waals surface area contributed by atoms with Gasteiger partial charge in [-0.25, -0.2) is 9.97 Å². The number of aryl methyl sites for hydroxylation is 3. The Balaban J connectivity index is 1.25. The minimum atomic E-state index is -4.51. The number of hydrogen-bond acceptors (Lipinski definition) is 2. The van der Waals surface area contributed by atoms with Gasteiger partial charge in [0.05, 0.1) is 33.7 Å². The quantitative estimate of drug-likeness (QED) is 0.152. The molecule has 2 heterocycles. The molecule has 0 aliphatic carbocycles. The van der Waals surface area contributed by atoms with E-state index in [0.29, 0.717) is 11.4 Å². The lowest BCUT2D eigenvalue weighted by Gasteiger charge is -2.21. The molecule has 2 aromatic heterocycles. The van der Waals surface area contributed by atoms with Crippen molar-refractivity contribution in [3.05, 3.63) is 235 Å². The van der Waals surface area contributed by atoms with Gasteiger partial charge in [0, 0.05) is 38.6 Å². The van der Waals surface area contributed by atoms with Crippen molar-refractivity contribution in [1.82, 2.24) is 14.5 Å². The molecule has 11 rings (SSSR count). The second-order valence-electron chi connectivity index (χ2n) is 17.6. The topological polar surface area (TPSA) is 30.7 Å². The van der Waals surface area contributed by atoms with Gasteiger partial charge in [0.1, 0.15) is 0 Å². The fraction of sp³-hybridized carbons (Fsp3) is 0.0645. The minimum Gasteiger partial charge on any atom is -0.308 e. The summed E-state index contributed by atoms with van der Waals surface area (Å²) < 4.78 is 45.1. The van der Waals surface area contributed by atoms with Crippen molar-refractivity contribution < 1.29 is 13.2 Å². The number of benzene rings is 9. The van der Waals surface area contributed by atoms with E-state index in [1.165, 1.54) is 23.3 Å². The van der Waals surface area contributed by atoms with Gasteiger partial charge in [-0.1, -0.05) is 174 Å². The van der Waals surface area contributed by atoms with E-state index in [4.69, 9.17) is 9.97 Å². The molecule has 0 amide bonds. The summed E-state index contributed by atoms with van der Waals surface area (Å²) in [6, 6.07) is 70.6. The van der Waals surface area contributed by atoms with E-state index >= 15 is 0 Å².